The van der Waals surface area contributed by atoms with Gasteiger partial charge in [-0.3, -0.25) is 0 Å². The molecule has 0 amide bonds. The summed E-state index contributed by atoms with van der Waals surface area (Å²) in [5.74, 6) is -1.81. The molecule has 16 heavy (non-hydrogen) atoms. The fourth-order valence-corrected chi connectivity index (χ4v) is 1.83. The topological polar surface area (TPSA) is 41.8 Å². The second-order valence-electron chi connectivity index (χ2n) is 4.02. The minimum atomic E-state index is -1.87. The molecule has 0 spiro atoms. The van der Waals surface area contributed by atoms with Crippen molar-refractivity contribution in [3.05, 3.63) is 0 Å². The molecule has 0 fully saturated rings. The monoisotopic (exact) mass is 287 g/mol. The molecule has 0 saturated carbocycles. The van der Waals surface area contributed by atoms with Crippen molar-refractivity contribution in [1.29, 1.82) is 0 Å². The highest BCUT2D eigenvalue weighted by molar-refractivity contribution is 6.68. The standard InChI is InChI=1S/C10H16Cl3NO2/c1-2-3-4-5-6-8-7-9(15,16-14-8)10(11,12)13/h15H,2-7H2,1H3. The van der Waals surface area contributed by atoms with E-state index < -0.39 is 9.58 Å². The summed E-state index contributed by atoms with van der Waals surface area (Å²) in [7, 11) is 0. The van der Waals surface area contributed by atoms with Gasteiger partial charge in [0.2, 0.25) is 0 Å². The lowest BCUT2D eigenvalue weighted by Gasteiger charge is -2.26. The molecule has 0 aromatic carbocycles. The van der Waals surface area contributed by atoms with Gasteiger partial charge in [-0.05, 0) is 12.8 Å². The first kappa shape index (κ1) is 14.4. The van der Waals surface area contributed by atoms with E-state index in [0.29, 0.717) is 0 Å². The van der Waals surface area contributed by atoms with Crippen molar-refractivity contribution < 1.29 is 9.94 Å². The molecule has 3 nitrogen and oxygen atoms in total. The molecule has 1 N–H and O–H groups in total. The summed E-state index contributed by atoms with van der Waals surface area (Å²) in [6.45, 7) is 2.15. The Labute approximate surface area is 111 Å². The van der Waals surface area contributed by atoms with Crippen LogP contribution in [0.15, 0.2) is 5.16 Å². The van der Waals surface area contributed by atoms with Crippen molar-refractivity contribution in [2.45, 2.75) is 55.0 Å². The number of hydrogen-bond acceptors (Lipinski definition) is 3. The van der Waals surface area contributed by atoms with Gasteiger partial charge in [0.15, 0.2) is 0 Å². The third-order valence-electron chi connectivity index (χ3n) is 2.53. The van der Waals surface area contributed by atoms with Crippen molar-refractivity contribution in [3.8, 4) is 0 Å². The smallest absolute Gasteiger partial charge is 0.287 e. The van der Waals surface area contributed by atoms with Crippen molar-refractivity contribution in [2.24, 2.45) is 5.16 Å². The normalized spacial score (nSPS) is 25.4. The average molecular weight is 289 g/mol. The molecule has 1 rings (SSSR count). The maximum atomic E-state index is 9.87. The zero-order valence-electron chi connectivity index (χ0n) is 9.18. The average Bonchev–Trinajstić information content (AvgIpc) is 2.56. The Morgan fingerprint density at radius 3 is 2.56 bits per heavy atom. The first-order valence-electron chi connectivity index (χ1n) is 5.42. The lowest BCUT2D eigenvalue weighted by atomic mass is 10.0. The van der Waals surface area contributed by atoms with Crippen LogP contribution in [-0.4, -0.2) is 20.4 Å². The van der Waals surface area contributed by atoms with Crippen LogP contribution in [0, 0.1) is 0 Å². The Balaban J connectivity index is 2.34. The van der Waals surface area contributed by atoms with Gasteiger partial charge in [0.25, 0.3) is 9.58 Å². The highest BCUT2D eigenvalue weighted by Crippen LogP contribution is 2.44. The van der Waals surface area contributed by atoms with Crippen LogP contribution < -0.4 is 0 Å². The van der Waals surface area contributed by atoms with Crippen molar-refractivity contribution >= 4 is 40.5 Å². The van der Waals surface area contributed by atoms with Crippen LogP contribution in [0.4, 0.5) is 0 Å². The molecule has 94 valence electrons. The lowest BCUT2D eigenvalue weighted by Crippen LogP contribution is -2.42. The van der Waals surface area contributed by atoms with Crippen LogP contribution in [0.2, 0.25) is 0 Å². The Morgan fingerprint density at radius 1 is 1.38 bits per heavy atom. The molecule has 0 aromatic heterocycles. The van der Waals surface area contributed by atoms with Crippen molar-refractivity contribution in [1.82, 2.24) is 0 Å². The number of hydrogen-bond donors (Lipinski definition) is 1. The minimum absolute atomic E-state index is 0.162. The highest BCUT2D eigenvalue weighted by Gasteiger charge is 2.53. The van der Waals surface area contributed by atoms with E-state index in [-0.39, 0.29) is 6.42 Å². The van der Waals surface area contributed by atoms with E-state index in [9.17, 15) is 5.11 Å². The quantitative estimate of drug-likeness (QED) is 0.618. The Kier molecular flexibility index (Phi) is 5.17. The summed E-state index contributed by atoms with van der Waals surface area (Å²) in [4.78, 5) is 4.82. The predicted octanol–water partition coefficient (Wildman–Crippen LogP) is 3.79. The number of oxime groups is 1. The van der Waals surface area contributed by atoms with E-state index >= 15 is 0 Å². The zero-order chi connectivity index (χ0) is 12.2. The molecule has 1 aliphatic heterocycles. The molecular formula is C10H16Cl3NO2. The summed E-state index contributed by atoms with van der Waals surface area (Å²) in [5.41, 5.74) is 0.755. The van der Waals surface area contributed by atoms with E-state index in [1.54, 1.807) is 0 Å². The van der Waals surface area contributed by atoms with Gasteiger partial charge in [0.1, 0.15) is 0 Å². The zero-order valence-corrected chi connectivity index (χ0v) is 11.4. The van der Waals surface area contributed by atoms with Crippen LogP contribution in [0.1, 0.15) is 45.4 Å². The number of aliphatic hydroxyl groups is 1. The van der Waals surface area contributed by atoms with E-state index in [0.717, 1.165) is 25.0 Å². The molecule has 1 unspecified atom stereocenters. The largest absolute Gasteiger partial charge is 0.355 e. The van der Waals surface area contributed by atoms with E-state index in [2.05, 4.69) is 12.1 Å². The Hall–Kier alpha value is 0.300. The first-order chi connectivity index (χ1) is 7.39. The van der Waals surface area contributed by atoms with Gasteiger partial charge in [0, 0.05) is 0 Å². The van der Waals surface area contributed by atoms with Gasteiger partial charge in [-0.1, -0.05) is 66.1 Å². The van der Waals surface area contributed by atoms with Crippen molar-refractivity contribution in [2.75, 3.05) is 0 Å². The molecule has 1 atom stereocenters. The molecule has 0 aromatic rings. The van der Waals surface area contributed by atoms with Gasteiger partial charge in [-0.25, -0.2) is 0 Å². The SMILES string of the molecule is CCCCCCC1=NOC(O)(C(Cl)(Cl)Cl)C1. The highest BCUT2D eigenvalue weighted by atomic mass is 35.6. The Morgan fingerprint density at radius 2 is 2.06 bits per heavy atom. The number of unbranched alkanes of at least 4 members (excludes halogenated alkanes) is 3. The number of halogens is 3. The fraction of sp³-hybridized carbons (Fsp3) is 0.900. The van der Waals surface area contributed by atoms with Gasteiger partial charge >= 0.3 is 0 Å². The minimum Gasteiger partial charge on any atom is -0.355 e. The lowest BCUT2D eigenvalue weighted by molar-refractivity contribution is -0.181. The first-order valence-corrected chi connectivity index (χ1v) is 6.55. The van der Waals surface area contributed by atoms with Crippen molar-refractivity contribution in [3.63, 3.8) is 0 Å². The molecule has 0 radical (unpaired) electrons. The number of rotatable bonds is 5. The molecule has 0 aliphatic carbocycles. The van der Waals surface area contributed by atoms with Gasteiger partial charge in [0.05, 0.1) is 12.1 Å². The fourth-order valence-electron chi connectivity index (χ4n) is 1.52. The van der Waals surface area contributed by atoms with E-state index in [1.807, 2.05) is 0 Å². The number of nitrogens with zero attached hydrogens (tertiary/aromatic N) is 1. The second-order valence-corrected chi connectivity index (χ2v) is 6.30. The van der Waals surface area contributed by atoms with Gasteiger partial charge in [-0.15, -0.1) is 0 Å². The van der Waals surface area contributed by atoms with Crippen LogP contribution in [-0.2, 0) is 4.84 Å². The van der Waals surface area contributed by atoms with Crippen LogP contribution in [0.3, 0.4) is 0 Å². The van der Waals surface area contributed by atoms with Crippen LogP contribution >= 0.6 is 34.8 Å². The molecular weight excluding hydrogens is 272 g/mol. The van der Waals surface area contributed by atoms with Gasteiger partial charge < -0.3 is 9.94 Å². The van der Waals surface area contributed by atoms with E-state index in [1.165, 1.54) is 12.8 Å². The molecule has 1 heterocycles. The maximum absolute atomic E-state index is 9.87. The summed E-state index contributed by atoms with van der Waals surface area (Å²) in [5, 5.41) is 13.6. The third-order valence-corrected chi connectivity index (χ3v) is 3.42. The maximum Gasteiger partial charge on any atom is 0.287 e. The molecule has 1 aliphatic rings. The summed E-state index contributed by atoms with van der Waals surface area (Å²) < 4.78 is -1.87. The van der Waals surface area contributed by atoms with Crippen LogP contribution in [0.25, 0.3) is 0 Å². The summed E-state index contributed by atoms with van der Waals surface area (Å²) in [6.07, 6.45) is 5.48. The van der Waals surface area contributed by atoms with E-state index in [4.69, 9.17) is 39.6 Å². The van der Waals surface area contributed by atoms with Gasteiger partial charge in [-0.2, -0.15) is 0 Å². The second kappa shape index (κ2) is 5.76. The predicted molar refractivity (Wildman–Crippen MR) is 67.1 cm³/mol. The molecule has 0 saturated heterocycles. The number of alkyl halides is 3. The third kappa shape index (κ3) is 3.66. The summed E-state index contributed by atoms with van der Waals surface area (Å²) in [6, 6.07) is 0. The van der Waals surface area contributed by atoms with Crippen LogP contribution in [0.5, 0.6) is 0 Å². The Bertz CT molecular complexity index is 265. The summed E-state index contributed by atoms with van der Waals surface area (Å²) >= 11 is 16.8. The molecule has 0 bridgehead atoms. The molecule has 6 heteroatoms.